The van der Waals surface area contributed by atoms with E-state index in [0.717, 1.165) is 37.0 Å². The van der Waals surface area contributed by atoms with Gasteiger partial charge < -0.3 is 14.6 Å². The smallest absolute Gasteiger partial charge is 0.145 e. The van der Waals surface area contributed by atoms with Crippen molar-refractivity contribution in [3.8, 4) is 11.3 Å². The number of aromatic nitrogens is 1. The van der Waals surface area contributed by atoms with Crippen molar-refractivity contribution < 1.29 is 13.7 Å². The van der Waals surface area contributed by atoms with Gasteiger partial charge in [0.15, 0.2) is 0 Å². The monoisotopic (exact) mass is 376 g/mol. The first-order chi connectivity index (χ1) is 12.7. The Bertz CT molecular complexity index is 788. The Labute approximate surface area is 157 Å². The van der Waals surface area contributed by atoms with E-state index in [-0.39, 0.29) is 11.9 Å². The maximum Gasteiger partial charge on any atom is 0.145 e. The highest BCUT2D eigenvalue weighted by atomic mass is 35.5. The molecule has 1 aromatic carbocycles. The highest BCUT2D eigenvalue weighted by Crippen LogP contribution is 2.45. The lowest BCUT2D eigenvalue weighted by atomic mass is 10.0. The predicted octanol–water partition coefficient (Wildman–Crippen LogP) is 4.81. The van der Waals surface area contributed by atoms with Gasteiger partial charge >= 0.3 is 0 Å². The van der Waals surface area contributed by atoms with Gasteiger partial charge in [0.05, 0.1) is 23.3 Å². The molecule has 3 atom stereocenters. The number of nitrogens with one attached hydrogen (secondary N) is 1. The van der Waals surface area contributed by atoms with Crippen LogP contribution in [0.1, 0.15) is 55.8 Å². The molecule has 0 spiro atoms. The van der Waals surface area contributed by atoms with Crippen molar-refractivity contribution >= 4 is 11.6 Å². The number of ether oxygens (including phenoxy) is 1. The molecule has 1 saturated carbocycles. The fourth-order valence-corrected chi connectivity index (χ4v) is 4.64. The minimum absolute atomic E-state index is 0.236. The van der Waals surface area contributed by atoms with Gasteiger partial charge in [0.1, 0.15) is 17.3 Å². The molecule has 6 heteroatoms. The van der Waals surface area contributed by atoms with Crippen molar-refractivity contribution in [2.75, 3.05) is 0 Å². The Hall–Kier alpha value is -1.43. The zero-order valence-electron chi connectivity index (χ0n) is 14.5. The van der Waals surface area contributed by atoms with E-state index >= 15 is 0 Å². The molecule has 138 valence electrons. The van der Waals surface area contributed by atoms with Gasteiger partial charge in [0.25, 0.3) is 0 Å². The lowest BCUT2D eigenvalue weighted by molar-refractivity contribution is 0.00875. The number of hydrogen-bond acceptors (Lipinski definition) is 4. The fourth-order valence-electron chi connectivity index (χ4n) is 4.39. The molecule has 3 aliphatic rings. The molecule has 2 unspecified atom stereocenters. The fraction of sp³-hybridized carbons (Fsp3) is 0.550. The summed E-state index contributed by atoms with van der Waals surface area (Å²) in [5.41, 5.74) is 1.67. The Balaban J connectivity index is 1.42. The van der Waals surface area contributed by atoms with Gasteiger partial charge in [-0.05, 0) is 50.7 Å². The first-order valence-electron chi connectivity index (χ1n) is 9.49. The van der Waals surface area contributed by atoms with Crippen LogP contribution in [0.5, 0.6) is 0 Å². The van der Waals surface area contributed by atoms with Gasteiger partial charge in [-0.1, -0.05) is 22.8 Å². The Morgan fingerprint density at radius 2 is 1.96 bits per heavy atom. The minimum atomic E-state index is -0.380. The molecule has 2 aromatic rings. The molecule has 0 amide bonds. The number of nitrogens with zero attached hydrogens (tertiary/aromatic N) is 1. The third-order valence-corrected chi connectivity index (χ3v) is 6.17. The maximum atomic E-state index is 14.4. The topological polar surface area (TPSA) is 47.3 Å². The molecule has 2 saturated heterocycles. The third kappa shape index (κ3) is 3.06. The van der Waals surface area contributed by atoms with Gasteiger partial charge in [-0.25, -0.2) is 4.39 Å². The lowest BCUT2D eigenvalue weighted by Crippen LogP contribution is -2.41. The average Bonchev–Trinajstić information content (AvgIpc) is 3.30. The predicted molar refractivity (Wildman–Crippen MR) is 96.6 cm³/mol. The normalized spacial score (nSPS) is 27.8. The summed E-state index contributed by atoms with van der Waals surface area (Å²) in [6, 6.07) is 5.83. The number of fused-ring (bicyclic) bond motifs is 2. The van der Waals surface area contributed by atoms with Crippen LogP contribution >= 0.6 is 11.6 Å². The molecule has 2 aliphatic heterocycles. The zero-order valence-corrected chi connectivity index (χ0v) is 15.3. The Kier molecular flexibility index (Phi) is 4.26. The SMILES string of the molecule is Fc1cccc(Cl)c1-c1noc(C2CC2)c1COC1CC2CC[C@@H](C1)N2. The van der Waals surface area contributed by atoms with E-state index in [1.165, 1.54) is 18.9 Å². The first kappa shape index (κ1) is 16.7. The van der Waals surface area contributed by atoms with Crippen molar-refractivity contribution in [3.63, 3.8) is 0 Å². The molecule has 0 radical (unpaired) electrons. The van der Waals surface area contributed by atoms with E-state index < -0.39 is 0 Å². The van der Waals surface area contributed by atoms with Crippen molar-refractivity contribution in [3.05, 3.63) is 40.4 Å². The standard InChI is InChI=1S/C20H22ClFN2O2/c21-16-2-1-3-17(22)18(16)19-15(20(26-24-19)11-4-5-11)10-25-14-8-12-6-7-13(9-14)23-12/h1-3,11-14,23H,4-10H2/t12-,13?,14?/m0/s1. The highest BCUT2D eigenvalue weighted by molar-refractivity contribution is 6.33. The quantitative estimate of drug-likeness (QED) is 0.813. The number of rotatable bonds is 5. The van der Waals surface area contributed by atoms with Gasteiger partial charge in [0, 0.05) is 23.6 Å². The Morgan fingerprint density at radius 1 is 1.19 bits per heavy atom. The molecular formula is C20H22ClFN2O2. The van der Waals surface area contributed by atoms with E-state index in [0.29, 0.717) is 40.9 Å². The molecule has 1 aliphatic carbocycles. The van der Waals surface area contributed by atoms with Gasteiger partial charge in [-0.15, -0.1) is 0 Å². The van der Waals surface area contributed by atoms with E-state index in [4.69, 9.17) is 20.9 Å². The van der Waals surface area contributed by atoms with Crippen molar-refractivity contribution in [2.24, 2.45) is 0 Å². The van der Waals surface area contributed by atoms with Crippen LogP contribution in [0.25, 0.3) is 11.3 Å². The van der Waals surface area contributed by atoms with Crippen LogP contribution in [0.4, 0.5) is 4.39 Å². The second-order valence-corrected chi connectivity index (χ2v) is 8.19. The van der Waals surface area contributed by atoms with E-state index in [1.807, 2.05) is 0 Å². The second-order valence-electron chi connectivity index (χ2n) is 7.79. The van der Waals surface area contributed by atoms with E-state index in [2.05, 4.69) is 10.5 Å². The van der Waals surface area contributed by atoms with Crippen LogP contribution in [-0.2, 0) is 11.3 Å². The van der Waals surface area contributed by atoms with Crippen molar-refractivity contribution in [1.82, 2.24) is 10.5 Å². The molecule has 1 N–H and O–H groups in total. The van der Waals surface area contributed by atoms with Crippen LogP contribution in [0.2, 0.25) is 5.02 Å². The Morgan fingerprint density at radius 3 is 2.65 bits per heavy atom. The summed E-state index contributed by atoms with van der Waals surface area (Å²) in [7, 11) is 0. The summed E-state index contributed by atoms with van der Waals surface area (Å²) in [6.45, 7) is 0.402. The van der Waals surface area contributed by atoms with Gasteiger partial charge in [-0.2, -0.15) is 0 Å². The molecular weight excluding hydrogens is 355 g/mol. The molecule has 26 heavy (non-hydrogen) atoms. The van der Waals surface area contributed by atoms with Crippen molar-refractivity contribution in [1.29, 1.82) is 0 Å². The van der Waals surface area contributed by atoms with Crippen LogP contribution in [0.3, 0.4) is 0 Å². The van der Waals surface area contributed by atoms with Crippen molar-refractivity contribution in [2.45, 2.75) is 69.2 Å². The molecule has 1 aromatic heterocycles. The maximum absolute atomic E-state index is 14.4. The number of hydrogen-bond donors (Lipinski definition) is 1. The summed E-state index contributed by atoms with van der Waals surface area (Å²) < 4.78 is 26.3. The average molecular weight is 377 g/mol. The van der Waals surface area contributed by atoms with Crippen LogP contribution < -0.4 is 5.32 Å². The second kappa shape index (κ2) is 6.63. The number of benzene rings is 1. The van der Waals surface area contributed by atoms with E-state index in [1.54, 1.807) is 12.1 Å². The summed E-state index contributed by atoms with van der Waals surface area (Å²) in [4.78, 5) is 0. The molecule has 3 fully saturated rings. The third-order valence-electron chi connectivity index (χ3n) is 5.86. The summed E-state index contributed by atoms with van der Waals surface area (Å²) >= 11 is 6.27. The highest BCUT2D eigenvalue weighted by Gasteiger charge is 2.36. The minimum Gasteiger partial charge on any atom is -0.373 e. The van der Waals surface area contributed by atoms with Gasteiger partial charge in [0.2, 0.25) is 0 Å². The number of piperidine rings is 1. The lowest BCUT2D eigenvalue weighted by Gasteiger charge is -2.29. The van der Waals surface area contributed by atoms with Crippen LogP contribution in [-0.4, -0.2) is 23.3 Å². The first-order valence-corrected chi connectivity index (χ1v) is 9.87. The van der Waals surface area contributed by atoms with Crippen LogP contribution in [0.15, 0.2) is 22.7 Å². The molecule has 3 heterocycles. The summed E-state index contributed by atoms with van der Waals surface area (Å²) in [5, 5.41) is 8.16. The molecule has 4 nitrogen and oxygen atoms in total. The van der Waals surface area contributed by atoms with E-state index in [9.17, 15) is 4.39 Å². The molecule has 5 rings (SSSR count). The van der Waals surface area contributed by atoms with Gasteiger partial charge in [-0.3, -0.25) is 0 Å². The summed E-state index contributed by atoms with van der Waals surface area (Å²) in [6.07, 6.45) is 6.96. The largest absolute Gasteiger partial charge is 0.373 e. The summed E-state index contributed by atoms with van der Waals surface area (Å²) in [5.74, 6) is 0.843. The molecule has 2 bridgehead atoms. The van der Waals surface area contributed by atoms with Crippen LogP contribution in [0, 0.1) is 5.82 Å². The number of halogens is 2. The zero-order chi connectivity index (χ0) is 17.7.